The molecular weight excluding hydrogens is 268 g/mol. The first-order valence-electron chi connectivity index (χ1n) is 6.13. The van der Waals surface area contributed by atoms with Crippen LogP contribution < -0.4 is 0 Å². The normalized spacial score (nSPS) is 25.9. The minimum absolute atomic E-state index is 0.197. The van der Waals surface area contributed by atoms with Crippen LogP contribution in [0.1, 0.15) is 50.6 Å². The Labute approximate surface area is 105 Å². The zero-order valence-electron chi connectivity index (χ0n) is 9.69. The molecule has 16 heavy (non-hydrogen) atoms. The summed E-state index contributed by atoms with van der Waals surface area (Å²) >= 11 is 3.56. The molecule has 0 amide bonds. The van der Waals surface area contributed by atoms with Crippen molar-refractivity contribution in [1.82, 2.24) is 9.78 Å². The molecule has 2 atom stereocenters. The van der Waals surface area contributed by atoms with Crippen LogP contribution in [0.4, 0.5) is 0 Å². The molecule has 0 bridgehead atoms. The second-order valence-electron chi connectivity index (χ2n) is 4.56. The highest BCUT2D eigenvalue weighted by Gasteiger charge is 2.29. The van der Waals surface area contributed by atoms with Crippen LogP contribution in [-0.4, -0.2) is 21.0 Å². The summed E-state index contributed by atoms with van der Waals surface area (Å²) < 4.78 is 3.09. The summed E-state index contributed by atoms with van der Waals surface area (Å²) in [4.78, 5) is 0. The van der Waals surface area contributed by atoms with Gasteiger partial charge in [-0.15, -0.1) is 0 Å². The van der Waals surface area contributed by atoms with E-state index in [0.29, 0.717) is 0 Å². The monoisotopic (exact) mass is 286 g/mol. The van der Waals surface area contributed by atoms with Crippen LogP contribution in [0.25, 0.3) is 0 Å². The van der Waals surface area contributed by atoms with E-state index in [1.165, 1.54) is 12.1 Å². The molecule has 1 saturated carbocycles. The van der Waals surface area contributed by atoms with Crippen molar-refractivity contribution in [2.24, 2.45) is 0 Å². The predicted octanol–water partition coefficient (Wildman–Crippen LogP) is 3.07. The van der Waals surface area contributed by atoms with Crippen LogP contribution in [-0.2, 0) is 6.54 Å². The number of aliphatic hydroxyl groups is 1. The molecule has 4 heteroatoms. The Kier molecular flexibility index (Phi) is 4.03. The van der Waals surface area contributed by atoms with Gasteiger partial charge in [0.2, 0.25) is 0 Å². The lowest BCUT2D eigenvalue weighted by Gasteiger charge is -2.28. The second kappa shape index (κ2) is 5.32. The SMILES string of the molecule is CCCn1ncc(Br)c1C1CCCCC1O. The Morgan fingerprint density at radius 3 is 2.94 bits per heavy atom. The third-order valence-corrected chi connectivity index (χ3v) is 3.96. The van der Waals surface area contributed by atoms with Gasteiger partial charge in [-0.25, -0.2) is 0 Å². The van der Waals surface area contributed by atoms with E-state index in [1.807, 2.05) is 10.9 Å². The number of rotatable bonds is 3. The van der Waals surface area contributed by atoms with Crippen LogP contribution in [0.15, 0.2) is 10.7 Å². The number of aliphatic hydroxyl groups excluding tert-OH is 1. The van der Waals surface area contributed by atoms with Crippen molar-refractivity contribution in [3.05, 3.63) is 16.4 Å². The summed E-state index contributed by atoms with van der Waals surface area (Å²) in [5.41, 5.74) is 1.19. The van der Waals surface area contributed by atoms with Crippen LogP contribution >= 0.6 is 15.9 Å². The molecule has 1 aliphatic carbocycles. The molecule has 90 valence electrons. The molecule has 0 saturated heterocycles. The molecule has 1 aromatic rings. The number of aryl methyl sites for hydroxylation is 1. The van der Waals surface area contributed by atoms with Crippen molar-refractivity contribution in [1.29, 1.82) is 0 Å². The summed E-state index contributed by atoms with van der Waals surface area (Å²) in [6.45, 7) is 3.08. The predicted molar refractivity (Wildman–Crippen MR) is 67.4 cm³/mol. The minimum atomic E-state index is -0.197. The van der Waals surface area contributed by atoms with Crippen molar-refractivity contribution < 1.29 is 5.11 Å². The molecule has 2 rings (SSSR count). The van der Waals surface area contributed by atoms with Gasteiger partial charge < -0.3 is 5.11 Å². The average molecular weight is 287 g/mol. The van der Waals surface area contributed by atoms with Crippen molar-refractivity contribution in [3.63, 3.8) is 0 Å². The minimum Gasteiger partial charge on any atom is -0.392 e. The zero-order valence-corrected chi connectivity index (χ0v) is 11.3. The Hall–Kier alpha value is -0.350. The van der Waals surface area contributed by atoms with Crippen molar-refractivity contribution in [2.45, 2.75) is 57.6 Å². The summed E-state index contributed by atoms with van der Waals surface area (Å²) in [5.74, 6) is 0.261. The number of hydrogen-bond acceptors (Lipinski definition) is 2. The second-order valence-corrected chi connectivity index (χ2v) is 5.41. The number of nitrogens with zero attached hydrogens (tertiary/aromatic N) is 2. The van der Waals surface area contributed by atoms with Crippen LogP contribution in [0, 0.1) is 0 Å². The third-order valence-electron chi connectivity index (χ3n) is 3.35. The largest absolute Gasteiger partial charge is 0.392 e. The smallest absolute Gasteiger partial charge is 0.0635 e. The van der Waals surface area contributed by atoms with Crippen molar-refractivity contribution in [2.75, 3.05) is 0 Å². The van der Waals surface area contributed by atoms with E-state index in [2.05, 4.69) is 28.0 Å². The third kappa shape index (κ3) is 2.33. The summed E-state index contributed by atoms with van der Waals surface area (Å²) in [6, 6.07) is 0. The Bertz CT molecular complexity index is 351. The fraction of sp³-hybridized carbons (Fsp3) is 0.750. The molecule has 0 aliphatic heterocycles. The zero-order chi connectivity index (χ0) is 11.5. The molecule has 0 radical (unpaired) electrons. The maximum Gasteiger partial charge on any atom is 0.0635 e. The average Bonchev–Trinajstić information content (AvgIpc) is 2.62. The maximum absolute atomic E-state index is 10.1. The standard InChI is InChI=1S/C12H19BrN2O/c1-2-7-15-12(10(13)8-14-15)9-5-3-4-6-11(9)16/h8-9,11,16H,2-7H2,1H3. The van der Waals surface area contributed by atoms with Crippen molar-refractivity contribution in [3.8, 4) is 0 Å². The van der Waals surface area contributed by atoms with E-state index in [1.54, 1.807) is 0 Å². The molecular formula is C12H19BrN2O. The number of hydrogen-bond donors (Lipinski definition) is 1. The van der Waals surface area contributed by atoms with Gasteiger partial charge in [-0.05, 0) is 35.2 Å². The molecule has 0 aromatic carbocycles. The quantitative estimate of drug-likeness (QED) is 0.927. The lowest BCUT2D eigenvalue weighted by Crippen LogP contribution is -2.25. The van der Waals surface area contributed by atoms with E-state index < -0.39 is 0 Å². The Morgan fingerprint density at radius 1 is 1.50 bits per heavy atom. The molecule has 3 nitrogen and oxygen atoms in total. The lowest BCUT2D eigenvalue weighted by atomic mass is 9.84. The fourth-order valence-corrected chi connectivity index (χ4v) is 3.15. The van der Waals surface area contributed by atoms with E-state index in [0.717, 1.165) is 36.7 Å². The number of aromatic nitrogens is 2. The van der Waals surface area contributed by atoms with Crippen molar-refractivity contribution >= 4 is 15.9 Å². The van der Waals surface area contributed by atoms with Gasteiger partial charge in [0.1, 0.15) is 0 Å². The molecule has 1 aliphatic rings. The molecule has 0 spiro atoms. The lowest BCUT2D eigenvalue weighted by molar-refractivity contribution is 0.102. The van der Waals surface area contributed by atoms with Crippen LogP contribution in [0.3, 0.4) is 0 Å². The van der Waals surface area contributed by atoms with Crippen LogP contribution in [0.2, 0.25) is 0 Å². The summed E-state index contributed by atoms with van der Waals surface area (Å²) in [7, 11) is 0. The highest BCUT2D eigenvalue weighted by Crippen LogP contribution is 2.36. The summed E-state index contributed by atoms with van der Waals surface area (Å²) in [6.07, 6.45) is 7.10. The maximum atomic E-state index is 10.1. The van der Waals surface area contributed by atoms with Gasteiger partial charge in [0.25, 0.3) is 0 Å². The molecule has 1 heterocycles. The van der Waals surface area contributed by atoms with E-state index in [4.69, 9.17) is 0 Å². The topological polar surface area (TPSA) is 38.0 Å². The van der Waals surface area contributed by atoms with Gasteiger partial charge >= 0.3 is 0 Å². The van der Waals surface area contributed by atoms with E-state index >= 15 is 0 Å². The van der Waals surface area contributed by atoms with E-state index in [9.17, 15) is 5.11 Å². The number of halogens is 1. The van der Waals surface area contributed by atoms with Gasteiger partial charge in [-0.1, -0.05) is 19.8 Å². The Morgan fingerprint density at radius 2 is 2.25 bits per heavy atom. The van der Waals surface area contributed by atoms with Gasteiger partial charge in [0.15, 0.2) is 0 Å². The Balaban J connectivity index is 2.26. The highest BCUT2D eigenvalue weighted by molar-refractivity contribution is 9.10. The van der Waals surface area contributed by atoms with E-state index in [-0.39, 0.29) is 12.0 Å². The van der Waals surface area contributed by atoms with Gasteiger partial charge in [-0.2, -0.15) is 5.10 Å². The van der Waals surface area contributed by atoms with Gasteiger partial charge in [0.05, 0.1) is 22.5 Å². The van der Waals surface area contributed by atoms with Gasteiger partial charge in [0, 0.05) is 12.5 Å². The highest BCUT2D eigenvalue weighted by atomic mass is 79.9. The first kappa shape index (κ1) is 12.1. The van der Waals surface area contributed by atoms with Crippen LogP contribution in [0.5, 0.6) is 0 Å². The summed E-state index contributed by atoms with van der Waals surface area (Å²) in [5, 5.41) is 14.5. The molecule has 1 fully saturated rings. The molecule has 2 unspecified atom stereocenters. The van der Waals surface area contributed by atoms with Gasteiger partial charge in [-0.3, -0.25) is 4.68 Å². The molecule has 1 N–H and O–H groups in total. The first-order valence-corrected chi connectivity index (χ1v) is 6.92. The first-order chi connectivity index (χ1) is 7.74. The molecule has 1 aromatic heterocycles. The fourth-order valence-electron chi connectivity index (χ4n) is 2.56.